The highest BCUT2D eigenvalue weighted by molar-refractivity contribution is 5.94. The zero-order chi connectivity index (χ0) is 26.1. The van der Waals surface area contributed by atoms with E-state index in [1.807, 2.05) is 0 Å². The molecule has 2 rings (SSSR count). The lowest BCUT2D eigenvalue weighted by Gasteiger charge is -2.26. The SMILES string of the molecule is CC(C)C(N)C(=O)NC(Cc1cnc[nH]1)C(=O)NC(Cc1cnc[nH]1)C(=O)NC(C(=O)O)C(C)C. The number of H-pyrrole nitrogens is 2. The van der Waals surface area contributed by atoms with Crippen LogP contribution >= 0.6 is 0 Å². The van der Waals surface area contributed by atoms with Crippen molar-refractivity contribution in [3.8, 4) is 0 Å². The molecule has 0 saturated heterocycles. The molecule has 0 aliphatic rings. The maximum Gasteiger partial charge on any atom is 0.326 e. The number of hydrogen-bond acceptors (Lipinski definition) is 7. The van der Waals surface area contributed by atoms with Gasteiger partial charge in [0.1, 0.15) is 18.1 Å². The van der Waals surface area contributed by atoms with Crippen molar-refractivity contribution < 1.29 is 24.3 Å². The lowest BCUT2D eigenvalue weighted by atomic mass is 10.0. The fraction of sp³-hybridized carbons (Fsp3) is 0.545. The molecule has 2 aromatic rings. The first-order valence-electron chi connectivity index (χ1n) is 11.3. The molecule has 0 aliphatic carbocycles. The van der Waals surface area contributed by atoms with E-state index < -0.39 is 47.9 Å². The number of aromatic nitrogens is 4. The number of carbonyl (C=O) groups excluding carboxylic acids is 3. The molecule has 0 aliphatic heterocycles. The smallest absolute Gasteiger partial charge is 0.326 e. The first-order chi connectivity index (χ1) is 16.5. The van der Waals surface area contributed by atoms with Gasteiger partial charge in [-0.3, -0.25) is 14.4 Å². The van der Waals surface area contributed by atoms with E-state index in [0.717, 1.165) is 0 Å². The predicted molar refractivity (Wildman–Crippen MR) is 126 cm³/mol. The van der Waals surface area contributed by atoms with Gasteiger partial charge in [-0.25, -0.2) is 14.8 Å². The Balaban J connectivity index is 2.25. The minimum Gasteiger partial charge on any atom is -0.480 e. The van der Waals surface area contributed by atoms with Crippen molar-refractivity contribution in [2.24, 2.45) is 17.6 Å². The summed E-state index contributed by atoms with van der Waals surface area (Å²) < 4.78 is 0. The van der Waals surface area contributed by atoms with E-state index >= 15 is 0 Å². The van der Waals surface area contributed by atoms with Gasteiger partial charge in [0.25, 0.3) is 0 Å². The number of hydrogen-bond donors (Lipinski definition) is 7. The second kappa shape index (κ2) is 12.6. The molecule has 0 radical (unpaired) electrons. The topological polar surface area (TPSA) is 208 Å². The first kappa shape index (κ1) is 27.5. The van der Waals surface area contributed by atoms with E-state index in [-0.39, 0.29) is 24.7 Å². The minimum absolute atomic E-state index is 0.0260. The van der Waals surface area contributed by atoms with Crippen LogP contribution < -0.4 is 21.7 Å². The van der Waals surface area contributed by atoms with Crippen molar-refractivity contribution in [3.63, 3.8) is 0 Å². The third kappa shape index (κ3) is 8.21. The second-order valence-electron chi connectivity index (χ2n) is 9.02. The van der Waals surface area contributed by atoms with Crippen molar-refractivity contribution in [2.75, 3.05) is 0 Å². The Kier molecular flexibility index (Phi) is 9.94. The second-order valence-corrected chi connectivity index (χ2v) is 9.02. The first-order valence-corrected chi connectivity index (χ1v) is 11.3. The predicted octanol–water partition coefficient (Wildman–Crippen LogP) is -0.904. The zero-order valence-electron chi connectivity index (χ0n) is 20.2. The van der Waals surface area contributed by atoms with Crippen LogP contribution in [0, 0.1) is 11.8 Å². The molecule has 2 aromatic heterocycles. The molecule has 0 spiro atoms. The number of carboxylic acids is 1. The monoisotopic (exact) mass is 490 g/mol. The number of amides is 3. The number of nitrogens with zero attached hydrogens (tertiary/aromatic N) is 2. The molecule has 35 heavy (non-hydrogen) atoms. The Hall–Kier alpha value is -3.74. The number of imidazole rings is 2. The van der Waals surface area contributed by atoms with Gasteiger partial charge in [0.15, 0.2) is 0 Å². The Bertz CT molecular complexity index is 974. The highest BCUT2D eigenvalue weighted by Crippen LogP contribution is 2.07. The number of carboxylic acid groups (broad SMARTS) is 1. The Morgan fingerprint density at radius 3 is 1.66 bits per heavy atom. The molecule has 0 fully saturated rings. The van der Waals surface area contributed by atoms with E-state index in [2.05, 4.69) is 35.9 Å². The van der Waals surface area contributed by atoms with Gasteiger partial charge in [-0.1, -0.05) is 27.7 Å². The Labute approximate surface area is 203 Å². The quantitative estimate of drug-likeness (QED) is 0.187. The van der Waals surface area contributed by atoms with Crippen LogP contribution in [0.1, 0.15) is 39.1 Å². The molecule has 192 valence electrons. The normalized spacial score (nSPS) is 14.7. The van der Waals surface area contributed by atoms with Gasteiger partial charge in [0.05, 0.1) is 18.7 Å². The van der Waals surface area contributed by atoms with Crippen molar-refractivity contribution >= 4 is 23.7 Å². The van der Waals surface area contributed by atoms with Crippen molar-refractivity contribution in [2.45, 2.75) is 64.7 Å². The molecule has 3 amide bonds. The highest BCUT2D eigenvalue weighted by Gasteiger charge is 2.32. The van der Waals surface area contributed by atoms with Gasteiger partial charge in [0, 0.05) is 36.6 Å². The molecular formula is C22H34N8O5. The minimum atomic E-state index is -1.19. The van der Waals surface area contributed by atoms with E-state index in [1.165, 1.54) is 25.0 Å². The van der Waals surface area contributed by atoms with Crippen LogP contribution in [0.25, 0.3) is 0 Å². The van der Waals surface area contributed by atoms with Crippen LogP contribution in [0.15, 0.2) is 25.0 Å². The summed E-state index contributed by atoms with van der Waals surface area (Å²) in [7, 11) is 0. The van der Waals surface area contributed by atoms with Gasteiger partial charge < -0.3 is 36.8 Å². The van der Waals surface area contributed by atoms with Crippen LogP contribution in [0.3, 0.4) is 0 Å². The van der Waals surface area contributed by atoms with E-state index in [0.29, 0.717) is 11.4 Å². The summed E-state index contributed by atoms with van der Waals surface area (Å²) in [4.78, 5) is 64.1. The molecule has 4 atom stereocenters. The maximum atomic E-state index is 13.3. The number of nitrogens with two attached hydrogens (primary N) is 1. The average molecular weight is 491 g/mol. The van der Waals surface area contributed by atoms with Crippen LogP contribution in [0.4, 0.5) is 0 Å². The fourth-order valence-corrected chi connectivity index (χ4v) is 3.26. The summed E-state index contributed by atoms with van der Waals surface area (Å²) in [5, 5.41) is 17.2. The number of carbonyl (C=O) groups is 4. The van der Waals surface area contributed by atoms with Crippen LogP contribution in [-0.2, 0) is 32.0 Å². The molecule has 8 N–H and O–H groups in total. The van der Waals surface area contributed by atoms with Gasteiger partial charge in [-0.05, 0) is 11.8 Å². The molecular weight excluding hydrogens is 456 g/mol. The molecule has 13 nitrogen and oxygen atoms in total. The van der Waals surface area contributed by atoms with Gasteiger partial charge in [-0.15, -0.1) is 0 Å². The molecule has 13 heteroatoms. The molecule has 0 bridgehead atoms. The fourth-order valence-electron chi connectivity index (χ4n) is 3.26. The molecule has 4 unspecified atom stereocenters. The molecule has 2 heterocycles. The van der Waals surface area contributed by atoms with E-state index in [9.17, 15) is 24.3 Å². The van der Waals surface area contributed by atoms with Gasteiger partial charge in [-0.2, -0.15) is 0 Å². The number of aliphatic carboxylic acids is 1. The largest absolute Gasteiger partial charge is 0.480 e. The standard InChI is InChI=1S/C22H34N8O5/c1-11(2)17(23)21(33)29-15(5-13-7-24-9-26-13)19(31)28-16(6-14-8-25-10-27-14)20(32)30-18(12(3)4)22(34)35/h7-12,15-18H,5-6,23H2,1-4H3,(H,24,26)(H,25,27)(H,28,31)(H,29,33)(H,30,32)(H,34,35). The average Bonchev–Trinajstić information content (AvgIpc) is 3.49. The summed E-state index contributed by atoms with van der Waals surface area (Å²) >= 11 is 0. The van der Waals surface area contributed by atoms with Crippen molar-refractivity contribution in [1.82, 2.24) is 35.9 Å². The number of rotatable bonds is 13. The third-order valence-corrected chi connectivity index (χ3v) is 5.48. The zero-order valence-corrected chi connectivity index (χ0v) is 20.2. The van der Waals surface area contributed by atoms with Crippen LogP contribution in [0.2, 0.25) is 0 Å². The van der Waals surface area contributed by atoms with E-state index in [1.54, 1.807) is 27.7 Å². The highest BCUT2D eigenvalue weighted by atomic mass is 16.4. The number of aromatic amines is 2. The summed E-state index contributed by atoms with van der Waals surface area (Å²) in [6.45, 7) is 6.89. The van der Waals surface area contributed by atoms with Crippen molar-refractivity contribution in [1.29, 1.82) is 0 Å². The molecule has 0 saturated carbocycles. The van der Waals surface area contributed by atoms with Crippen molar-refractivity contribution in [3.05, 3.63) is 36.4 Å². The Morgan fingerprint density at radius 1 is 0.829 bits per heavy atom. The Morgan fingerprint density at radius 2 is 1.29 bits per heavy atom. The maximum absolute atomic E-state index is 13.3. The van der Waals surface area contributed by atoms with Crippen LogP contribution in [-0.4, -0.2) is 72.9 Å². The third-order valence-electron chi connectivity index (χ3n) is 5.48. The number of nitrogens with one attached hydrogen (secondary N) is 5. The summed E-state index contributed by atoms with van der Waals surface area (Å²) in [6.07, 6.45) is 5.98. The summed E-state index contributed by atoms with van der Waals surface area (Å²) in [5.74, 6) is -3.56. The van der Waals surface area contributed by atoms with E-state index in [4.69, 9.17) is 5.73 Å². The van der Waals surface area contributed by atoms with Gasteiger partial charge >= 0.3 is 5.97 Å². The van der Waals surface area contributed by atoms with Gasteiger partial charge in [0.2, 0.25) is 17.7 Å². The molecule has 0 aromatic carbocycles. The lowest BCUT2D eigenvalue weighted by molar-refractivity contribution is -0.143. The van der Waals surface area contributed by atoms with Crippen LogP contribution in [0.5, 0.6) is 0 Å². The summed E-state index contributed by atoms with van der Waals surface area (Å²) in [6, 6.07) is -4.18. The summed E-state index contributed by atoms with van der Waals surface area (Å²) in [5.41, 5.74) is 7.08. The lowest BCUT2D eigenvalue weighted by Crippen LogP contribution is -2.59.